The Labute approximate surface area is 151 Å². The third-order valence-electron chi connectivity index (χ3n) is 4.32. The Balaban J connectivity index is 1.57. The predicted octanol–water partition coefficient (Wildman–Crippen LogP) is 2.68. The van der Waals surface area contributed by atoms with Crippen LogP contribution in [0.1, 0.15) is 39.2 Å². The number of aliphatic hydroxyl groups is 1. The molecule has 1 saturated heterocycles. The maximum Gasteiger partial charge on any atom is 0.119 e. The van der Waals surface area contributed by atoms with Gasteiger partial charge in [0.2, 0.25) is 0 Å². The number of hydrogen-bond donors (Lipinski definition) is 1. The summed E-state index contributed by atoms with van der Waals surface area (Å²) in [4.78, 5) is 2.24. The highest BCUT2D eigenvalue weighted by Crippen LogP contribution is 2.18. The zero-order valence-corrected chi connectivity index (χ0v) is 16.0. The molecule has 0 radical (unpaired) electrons. The molecule has 1 aliphatic rings. The summed E-state index contributed by atoms with van der Waals surface area (Å²) in [7, 11) is 0. The van der Waals surface area contributed by atoms with Gasteiger partial charge in [-0.05, 0) is 37.5 Å². The minimum absolute atomic E-state index is 0.215. The van der Waals surface area contributed by atoms with E-state index in [4.69, 9.17) is 14.2 Å². The van der Waals surface area contributed by atoms with Crippen LogP contribution in [0, 0.1) is 0 Å². The second-order valence-corrected chi connectivity index (χ2v) is 7.28. The molecule has 5 nitrogen and oxygen atoms in total. The Morgan fingerprint density at radius 3 is 2.36 bits per heavy atom. The Hall–Kier alpha value is -1.14. The second-order valence-electron chi connectivity index (χ2n) is 7.28. The van der Waals surface area contributed by atoms with Crippen molar-refractivity contribution in [1.82, 2.24) is 4.90 Å². The Morgan fingerprint density at radius 2 is 1.76 bits per heavy atom. The third kappa shape index (κ3) is 7.32. The first kappa shape index (κ1) is 20.2. The number of rotatable bonds is 9. The molecule has 1 aromatic rings. The van der Waals surface area contributed by atoms with Crippen molar-refractivity contribution in [2.75, 3.05) is 39.5 Å². The Morgan fingerprint density at radius 1 is 1.12 bits per heavy atom. The van der Waals surface area contributed by atoms with E-state index in [0.717, 1.165) is 18.8 Å². The fourth-order valence-corrected chi connectivity index (χ4v) is 3.17. The quantitative estimate of drug-likeness (QED) is 0.693. The van der Waals surface area contributed by atoms with Crippen LogP contribution in [-0.2, 0) is 9.47 Å². The number of benzene rings is 1. The number of ether oxygens (including phenoxy) is 3. The Bertz CT molecular complexity index is 481. The monoisotopic (exact) mass is 351 g/mol. The molecule has 1 aromatic carbocycles. The summed E-state index contributed by atoms with van der Waals surface area (Å²) in [5, 5.41) is 10.1. The molecule has 0 spiro atoms. The van der Waals surface area contributed by atoms with Crippen LogP contribution in [0.4, 0.5) is 0 Å². The van der Waals surface area contributed by atoms with Crippen LogP contribution in [0.5, 0.6) is 5.75 Å². The molecule has 1 fully saturated rings. The minimum Gasteiger partial charge on any atom is -0.491 e. The standard InChI is InChI=1S/C20H33NO4/c1-15(2)18-5-7-20(8-6-18)24-10-9-23-14-19(22)13-21-11-16(3)25-17(4)12-21/h5-8,15-17,19,22H,9-14H2,1-4H3/t16-,17+,19-/m1/s1. The summed E-state index contributed by atoms with van der Waals surface area (Å²) in [6, 6.07) is 8.17. The maximum absolute atomic E-state index is 10.1. The van der Waals surface area contributed by atoms with Gasteiger partial charge in [-0.3, -0.25) is 4.90 Å². The number of β-amino-alcohol motifs (C(OH)–C–C–N with tert-alkyl or cyclic N) is 1. The lowest BCUT2D eigenvalue weighted by Gasteiger charge is -2.36. The van der Waals surface area contributed by atoms with Gasteiger partial charge in [0.25, 0.3) is 0 Å². The lowest BCUT2D eigenvalue weighted by atomic mass is 10.0. The van der Waals surface area contributed by atoms with Gasteiger partial charge in [0, 0.05) is 19.6 Å². The predicted molar refractivity (Wildman–Crippen MR) is 99.3 cm³/mol. The topological polar surface area (TPSA) is 51.2 Å². The van der Waals surface area contributed by atoms with Gasteiger partial charge in [-0.1, -0.05) is 26.0 Å². The first-order valence-electron chi connectivity index (χ1n) is 9.30. The lowest BCUT2D eigenvalue weighted by Crippen LogP contribution is -2.48. The van der Waals surface area contributed by atoms with E-state index in [2.05, 4.69) is 44.7 Å². The van der Waals surface area contributed by atoms with Gasteiger partial charge < -0.3 is 19.3 Å². The molecule has 3 atom stereocenters. The first-order valence-corrected chi connectivity index (χ1v) is 9.30. The van der Waals surface area contributed by atoms with Crippen molar-refractivity contribution in [2.24, 2.45) is 0 Å². The molecule has 0 amide bonds. The summed E-state index contributed by atoms with van der Waals surface area (Å²) in [5.74, 6) is 1.38. The molecule has 0 aliphatic carbocycles. The molecular formula is C20H33NO4. The van der Waals surface area contributed by atoms with E-state index in [9.17, 15) is 5.11 Å². The van der Waals surface area contributed by atoms with Crippen LogP contribution in [0.15, 0.2) is 24.3 Å². The molecule has 25 heavy (non-hydrogen) atoms. The largest absolute Gasteiger partial charge is 0.491 e. The summed E-state index contributed by atoms with van der Waals surface area (Å²) in [5.41, 5.74) is 1.30. The molecule has 0 unspecified atom stereocenters. The van der Waals surface area contributed by atoms with Crippen molar-refractivity contribution in [3.8, 4) is 5.75 Å². The molecular weight excluding hydrogens is 318 g/mol. The molecule has 2 rings (SSSR count). The van der Waals surface area contributed by atoms with Crippen molar-refractivity contribution in [1.29, 1.82) is 0 Å². The van der Waals surface area contributed by atoms with Gasteiger partial charge in [0.05, 0.1) is 31.5 Å². The SMILES string of the molecule is CC(C)c1ccc(OCCOC[C@H](O)CN2C[C@@H](C)O[C@@H](C)C2)cc1. The van der Waals surface area contributed by atoms with Gasteiger partial charge in [-0.15, -0.1) is 0 Å². The van der Waals surface area contributed by atoms with E-state index < -0.39 is 6.10 Å². The minimum atomic E-state index is -0.483. The highest BCUT2D eigenvalue weighted by Gasteiger charge is 2.23. The van der Waals surface area contributed by atoms with Gasteiger partial charge in [0.15, 0.2) is 0 Å². The maximum atomic E-state index is 10.1. The van der Waals surface area contributed by atoms with E-state index >= 15 is 0 Å². The van der Waals surface area contributed by atoms with E-state index in [-0.39, 0.29) is 12.2 Å². The molecule has 1 heterocycles. The fourth-order valence-electron chi connectivity index (χ4n) is 3.17. The Kier molecular flexibility index (Phi) is 8.16. The van der Waals surface area contributed by atoms with E-state index in [1.165, 1.54) is 5.56 Å². The van der Waals surface area contributed by atoms with Crippen LogP contribution in [0.2, 0.25) is 0 Å². The van der Waals surface area contributed by atoms with Gasteiger partial charge >= 0.3 is 0 Å². The number of nitrogens with zero attached hydrogens (tertiary/aromatic N) is 1. The van der Waals surface area contributed by atoms with Crippen molar-refractivity contribution in [3.05, 3.63) is 29.8 Å². The molecule has 0 saturated carbocycles. The third-order valence-corrected chi connectivity index (χ3v) is 4.32. The zero-order chi connectivity index (χ0) is 18.2. The van der Waals surface area contributed by atoms with Crippen LogP contribution >= 0.6 is 0 Å². The molecule has 0 aromatic heterocycles. The van der Waals surface area contributed by atoms with E-state index in [1.807, 2.05) is 12.1 Å². The first-order chi connectivity index (χ1) is 11.9. The fraction of sp³-hybridized carbons (Fsp3) is 0.700. The molecule has 5 heteroatoms. The van der Waals surface area contributed by atoms with Crippen molar-refractivity contribution >= 4 is 0 Å². The second kappa shape index (κ2) is 10.1. The van der Waals surface area contributed by atoms with Crippen molar-refractivity contribution in [3.63, 3.8) is 0 Å². The smallest absolute Gasteiger partial charge is 0.119 e. The van der Waals surface area contributed by atoms with Crippen LogP contribution in [0.25, 0.3) is 0 Å². The highest BCUT2D eigenvalue weighted by molar-refractivity contribution is 5.28. The normalized spacial score (nSPS) is 23.0. The van der Waals surface area contributed by atoms with Crippen molar-refractivity contribution < 1.29 is 19.3 Å². The number of morpholine rings is 1. The van der Waals surface area contributed by atoms with Crippen LogP contribution in [0.3, 0.4) is 0 Å². The van der Waals surface area contributed by atoms with Gasteiger partial charge in [-0.2, -0.15) is 0 Å². The van der Waals surface area contributed by atoms with E-state index in [0.29, 0.717) is 32.3 Å². The summed E-state index contributed by atoms with van der Waals surface area (Å²) < 4.78 is 16.9. The number of aliphatic hydroxyl groups excluding tert-OH is 1. The van der Waals surface area contributed by atoms with Crippen LogP contribution < -0.4 is 4.74 Å². The zero-order valence-electron chi connectivity index (χ0n) is 16.0. The van der Waals surface area contributed by atoms with Crippen molar-refractivity contribution in [2.45, 2.75) is 51.9 Å². The van der Waals surface area contributed by atoms with E-state index in [1.54, 1.807) is 0 Å². The highest BCUT2D eigenvalue weighted by atomic mass is 16.5. The molecule has 1 N–H and O–H groups in total. The lowest BCUT2D eigenvalue weighted by molar-refractivity contribution is -0.0824. The summed E-state index contributed by atoms with van der Waals surface area (Å²) >= 11 is 0. The average molecular weight is 351 g/mol. The van der Waals surface area contributed by atoms with Gasteiger partial charge in [0.1, 0.15) is 12.4 Å². The molecule has 142 valence electrons. The number of hydrogen-bond acceptors (Lipinski definition) is 5. The van der Waals surface area contributed by atoms with Crippen LogP contribution in [-0.4, -0.2) is 67.8 Å². The summed E-state index contributed by atoms with van der Waals surface area (Å²) in [6.45, 7) is 12.1. The average Bonchev–Trinajstić information content (AvgIpc) is 2.54. The van der Waals surface area contributed by atoms with Gasteiger partial charge in [-0.25, -0.2) is 0 Å². The summed E-state index contributed by atoms with van der Waals surface area (Å²) in [6.07, 6.45) is -0.0532. The molecule has 1 aliphatic heterocycles. The molecule has 0 bridgehead atoms.